The second-order valence-electron chi connectivity index (χ2n) is 8.06. The van der Waals surface area contributed by atoms with Crippen molar-refractivity contribution in [2.45, 2.75) is 58.4 Å². The number of benzene rings is 2. The molecule has 1 atom stereocenters. The largest absolute Gasteiger partial charge is 0.411 e. The van der Waals surface area contributed by atoms with Gasteiger partial charge in [0.2, 0.25) is 0 Å². The molecule has 0 N–H and O–H groups in total. The molecule has 3 heteroatoms. The predicted molar refractivity (Wildman–Crippen MR) is 117 cm³/mol. The quantitative estimate of drug-likeness (QED) is 0.347. The first-order valence-electron chi connectivity index (χ1n) is 8.59. The molecule has 2 rings (SSSR count). The SMILES string of the molecule is CC(O[Si](C)(C)C(C)(C)C)C(=CI)Cc1ccc2ccccc2c1. The van der Waals surface area contributed by atoms with Gasteiger partial charge in [0.25, 0.3) is 0 Å². The lowest BCUT2D eigenvalue weighted by Crippen LogP contribution is -2.43. The fourth-order valence-corrected chi connectivity index (χ4v) is 4.67. The molecule has 2 aromatic rings. The summed E-state index contributed by atoms with van der Waals surface area (Å²) in [4.78, 5) is 0. The summed E-state index contributed by atoms with van der Waals surface area (Å²) in [5.41, 5.74) is 2.71. The highest BCUT2D eigenvalue weighted by molar-refractivity contribution is 14.1. The van der Waals surface area contributed by atoms with Crippen LogP contribution in [0.2, 0.25) is 18.1 Å². The maximum Gasteiger partial charge on any atom is 0.192 e. The molecule has 0 fully saturated rings. The average molecular weight is 452 g/mol. The molecule has 0 aliphatic rings. The minimum atomic E-state index is -1.75. The number of hydrogen-bond donors (Lipinski definition) is 0. The van der Waals surface area contributed by atoms with Gasteiger partial charge in [-0.05, 0) is 57.5 Å². The van der Waals surface area contributed by atoms with E-state index in [1.165, 1.54) is 21.9 Å². The van der Waals surface area contributed by atoms with Gasteiger partial charge in [0.05, 0.1) is 6.10 Å². The summed E-state index contributed by atoms with van der Waals surface area (Å²) in [7, 11) is -1.75. The molecule has 0 saturated heterocycles. The Hall–Kier alpha value is -0.653. The second kappa shape index (κ2) is 7.71. The van der Waals surface area contributed by atoms with Gasteiger partial charge >= 0.3 is 0 Å². The first kappa shape index (κ1) is 19.7. The van der Waals surface area contributed by atoms with Gasteiger partial charge in [-0.1, -0.05) is 85.8 Å². The fraction of sp³-hybridized carbons (Fsp3) is 0.429. The van der Waals surface area contributed by atoms with Crippen molar-refractivity contribution >= 4 is 41.7 Å². The summed E-state index contributed by atoms with van der Waals surface area (Å²) >= 11 is 2.36. The molecule has 0 heterocycles. The van der Waals surface area contributed by atoms with Crippen LogP contribution in [0.15, 0.2) is 52.1 Å². The molecule has 0 aromatic heterocycles. The Kier molecular flexibility index (Phi) is 6.32. The van der Waals surface area contributed by atoms with Crippen LogP contribution in [0.3, 0.4) is 0 Å². The Morgan fingerprint density at radius 3 is 2.33 bits per heavy atom. The second-order valence-corrected chi connectivity index (χ2v) is 13.4. The van der Waals surface area contributed by atoms with Crippen LogP contribution in [-0.2, 0) is 10.8 Å². The van der Waals surface area contributed by atoms with Crippen molar-refractivity contribution in [3.05, 3.63) is 57.7 Å². The third kappa shape index (κ3) is 4.70. The van der Waals surface area contributed by atoms with Crippen molar-refractivity contribution in [2.24, 2.45) is 0 Å². The van der Waals surface area contributed by atoms with Crippen LogP contribution in [0, 0.1) is 0 Å². The minimum absolute atomic E-state index is 0.161. The van der Waals surface area contributed by atoms with Crippen LogP contribution in [0.25, 0.3) is 10.8 Å². The number of hydrogen-bond acceptors (Lipinski definition) is 1. The van der Waals surface area contributed by atoms with Crippen LogP contribution in [-0.4, -0.2) is 14.4 Å². The molecule has 0 bridgehead atoms. The molecule has 1 nitrogen and oxygen atoms in total. The smallest absolute Gasteiger partial charge is 0.192 e. The van der Waals surface area contributed by atoms with Gasteiger partial charge in [0.15, 0.2) is 8.32 Å². The highest BCUT2D eigenvalue weighted by Crippen LogP contribution is 2.38. The van der Waals surface area contributed by atoms with E-state index in [2.05, 4.69) is 110 Å². The lowest BCUT2D eigenvalue weighted by Gasteiger charge is -2.39. The molecule has 1 unspecified atom stereocenters. The Balaban J connectivity index is 2.16. The van der Waals surface area contributed by atoms with Crippen LogP contribution in [0.5, 0.6) is 0 Å². The van der Waals surface area contributed by atoms with Crippen LogP contribution < -0.4 is 0 Å². The van der Waals surface area contributed by atoms with Gasteiger partial charge in [0.1, 0.15) is 0 Å². The molecule has 0 amide bonds. The lowest BCUT2D eigenvalue weighted by molar-refractivity contribution is 0.230. The topological polar surface area (TPSA) is 9.23 Å². The molecular weight excluding hydrogens is 423 g/mol. The van der Waals surface area contributed by atoms with Crippen LogP contribution in [0.4, 0.5) is 0 Å². The Bertz CT molecular complexity index is 728. The van der Waals surface area contributed by atoms with E-state index in [1.54, 1.807) is 0 Å². The zero-order valence-corrected chi connectivity index (χ0v) is 18.8. The summed E-state index contributed by atoms with van der Waals surface area (Å²) in [6.45, 7) is 13.7. The van der Waals surface area contributed by atoms with Crippen molar-refractivity contribution in [3.63, 3.8) is 0 Å². The van der Waals surface area contributed by atoms with Crippen molar-refractivity contribution < 1.29 is 4.43 Å². The Labute approximate surface area is 161 Å². The van der Waals surface area contributed by atoms with Gasteiger partial charge in [-0.15, -0.1) is 0 Å². The number of rotatable bonds is 5. The van der Waals surface area contributed by atoms with Gasteiger partial charge in [-0.2, -0.15) is 0 Å². The summed E-state index contributed by atoms with van der Waals surface area (Å²) in [6.07, 6.45) is 1.11. The van der Waals surface area contributed by atoms with Crippen molar-refractivity contribution in [1.29, 1.82) is 0 Å². The fourth-order valence-electron chi connectivity index (χ4n) is 2.55. The summed E-state index contributed by atoms with van der Waals surface area (Å²) in [5, 5.41) is 2.84. The van der Waals surface area contributed by atoms with Crippen molar-refractivity contribution in [2.75, 3.05) is 0 Å². The van der Waals surface area contributed by atoms with Gasteiger partial charge in [-0.3, -0.25) is 0 Å². The van der Waals surface area contributed by atoms with Crippen molar-refractivity contribution in [3.8, 4) is 0 Å². The first-order valence-corrected chi connectivity index (χ1v) is 12.7. The monoisotopic (exact) mass is 452 g/mol. The Morgan fingerprint density at radius 1 is 1.12 bits per heavy atom. The highest BCUT2D eigenvalue weighted by atomic mass is 127. The summed E-state index contributed by atoms with van der Waals surface area (Å²) in [6, 6.07) is 15.3. The molecule has 24 heavy (non-hydrogen) atoms. The van der Waals surface area contributed by atoms with E-state index in [0.29, 0.717) is 0 Å². The van der Waals surface area contributed by atoms with E-state index >= 15 is 0 Å². The standard InChI is InChI=1S/C21H29IOSi/c1-16(23-24(5,6)21(2,3)4)20(15-22)14-17-11-12-18-9-7-8-10-19(18)13-17/h7-13,15-16H,14H2,1-6H3. The summed E-state index contributed by atoms with van der Waals surface area (Å²) in [5.74, 6) is 0. The molecule has 0 saturated carbocycles. The third-order valence-electron chi connectivity index (χ3n) is 5.16. The van der Waals surface area contributed by atoms with E-state index in [9.17, 15) is 0 Å². The molecule has 130 valence electrons. The maximum absolute atomic E-state index is 6.58. The van der Waals surface area contributed by atoms with Gasteiger partial charge in [0, 0.05) is 0 Å². The van der Waals surface area contributed by atoms with Gasteiger partial charge < -0.3 is 4.43 Å². The zero-order chi connectivity index (χ0) is 18.0. The molecule has 0 aliphatic heterocycles. The molecule has 0 spiro atoms. The summed E-state index contributed by atoms with van der Waals surface area (Å²) < 4.78 is 8.78. The molecule has 0 radical (unpaired) electrons. The van der Waals surface area contributed by atoms with Crippen LogP contribution in [0.1, 0.15) is 33.3 Å². The number of halogens is 1. The number of fused-ring (bicyclic) bond motifs is 1. The zero-order valence-electron chi connectivity index (χ0n) is 15.7. The molecular formula is C21H29IOSi. The molecule has 2 aromatic carbocycles. The lowest BCUT2D eigenvalue weighted by atomic mass is 10.00. The van der Waals surface area contributed by atoms with Crippen LogP contribution >= 0.6 is 22.6 Å². The van der Waals surface area contributed by atoms with Crippen molar-refractivity contribution in [1.82, 2.24) is 0 Å². The normalized spacial score (nSPS) is 14.9. The highest BCUT2D eigenvalue weighted by Gasteiger charge is 2.38. The van der Waals surface area contributed by atoms with E-state index in [1.807, 2.05) is 0 Å². The van der Waals surface area contributed by atoms with E-state index in [-0.39, 0.29) is 11.1 Å². The van der Waals surface area contributed by atoms with E-state index in [4.69, 9.17) is 4.43 Å². The maximum atomic E-state index is 6.58. The average Bonchev–Trinajstić information content (AvgIpc) is 2.50. The Morgan fingerprint density at radius 2 is 1.75 bits per heavy atom. The van der Waals surface area contributed by atoms with E-state index in [0.717, 1.165) is 6.42 Å². The minimum Gasteiger partial charge on any atom is -0.411 e. The predicted octanol–water partition coefficient (Wildman–Crippen LogP) is 7.11. The van der Waals surface area contributed by atoms with Gasteiger partial charge in [-0.25, -0.2) is 0 Å². The third-order valence-corrected chi connectivity index (χ3v) is 10.5. The first-order chi connectivity index (χ1) is 11.1. The molecule has 0 aliphatic carbocycles. The van der Waals surface area contributed by atoms with E-state index < -0.39 is 8.32 Å².